The van der Waals surface area contributed by atoms with Crippen molar-refractivity contribution in [1.29, 1.82) is 0 Å². The molecule has 2 N–H and O–H groups in total. The Morgan fingerprint density at radius 2 is 1.69 bits per heavy atom. The average molecular weight is 460 g/mol. The Balaban J connectivity index is 1.75. The molecule has 0 saturated heterocycles. The molecule has 0 radical (unpaired) electrons. The van der Waals surface area contributed by atoms with Gasteiger partial charge in [-0.1, -0.05) is 11.6 Å². The van der Waals surface area contributed by atoms with Crippen LogP contribution in [0, 0.1) is 24.0 Å². The maximum absolute atomic E-state index is 12.4. The van der Waals surface area contributed by atoms with Gasteiger partial charge in [0.15, 0.2) is 11.5 Å². The second-order valence-corrected chi connectivity index (χ2v) is 7.01. The van der Waals surface area contributed by atoms with Gasteiger partial charge in [0.2, 0.25) is 5.75 Å². The maximum atomic E-state index is 12.4. The van der Waals surface area contributed by atoms with Gasteiger partial charge in [-0.05, 0) is 50.2 Å². The lowest BCUT2D eigenvalue weighted by atomic mass is 10.2. The van der Waals surface area contributed by atoms with Crippen LogP contribution >= 0.6 is 11.6 Å². The highest BCUT2D eigenvalue weighted by Gasteiger charge is 2.20. The van der Waals surface area contributed by atoms with Crippen molar-refractivity contribution in [1.82, 2.24) is 10.9 Å². The third-order valence-electron chi connectivity index (χ3n) is 4.34. The molecule has 0 atom stereocenters. The van der Waals surface area contributed by atoms with Crippen molar-refractivity contribution in [3.63, 3.8) is 0 Å². The Labute approximate surface area is 187 Å². The second-order valence-electron chi connectivity index (χ2n) is 6.57. The van der Waals surface area contributed by atoms with Crippen LogP contribution in [0.1, 0.15) is 32.2 Å². The molecule has 11 heteroatoms. The molecular formula is C21H18ClN3O7. The van der Waals surface area contributed by atoms with Crippen molar-refractivity contribution in [2.75, 3.05) is 7.11 Å². The van der Waals surface area contributed by atoms with Gasteiger partial charge in [-0.15, -0.1) is 0 Å². The van der Waals surface area contributed by atoms with Gasteiger partial charge in [-0.25, -0.2) is 0 Å². The molecule has 0 aliphatic heterocycles. The van der Waals surface area contributed by atoms with E-state index < -0.39 is 16.7 Å². The summed E-state index contributed by atoms with van der Waals surface area (Å²) in [6, 6.07) is 9.72. The molecule has 0 fully saturated rings. The van der Waals surface area contributed by atoms with Crippen molar-refractivity contribution >= 4 is 29.1 Å². The Hall–Kier alpha value is -4.05. The lowest BCUT2D eigenvalue weighted by Crippen LogP contribution is -2.41. The van der Waals surface area contributed by atoms with Gasteiger partial charge in [-0.3, -0.25) is 30.6 Å². The van der Waals surface area contributed by atoms with Gasteiger partial charge in [0.1, 0.15) is 11.5 Å². The first-order chi connectivity index (χ1) is 15.2. The fourth-order valence-corrected chi connectivity index (χ4v) is 3.01. The number of benzene rings is 2. The number of ether oxygens (including phenoxy) is 2. The number of rotatable bonds is 6. The van der Waals surface area contributed by atoms with Crippen LogP contribution in [0.25, 0.3) is 0 Å². The summed E-state index contributed by atoms with van der Waals surface area (Å²) in [7, 11) is 1.35. The summed E-state index contributed by atoms with van der Waals surface area (Å²) in [5, 5.41) is 11.4. The summed E-state index contributed by atoms with van der Waals surface area (Å²) in [5.74, 6) is 0.0904. The number of furan rings is 1. The van der Waals surface area contributed by atoms with Crippen molar-refractivity contribution in [3.8, 4) is 17.2 Å². The number of aryl methyl sites for hydroxylation is 2. The first kappa shape index (κ1) is 22.6. The van der Waals surface area contributed by atoms with Crippen LogP contribution in [0.5, 0.6) is 17.2 Å². The van der Waals surface area contributed by atoms with E-state index in [9.17, 15) is 19.7 Å². The number of nitrogens with one attached hydrogen (secondary N) is 2. The Kier molecular flexibility index (Phi) is 6.64. The first-order valence-electron chi connectivity index (χ1n) is 9.17. The van der Waals surface area contributed by atoms with E-state index in [1.54, 1.807) is 19.9 Å². The Bertz CT molecular complexity index is 1210. The van der Waals surface area contributed by atoms with Gasteiger partial charge >= 0.3 is 5.69 Å². The number of hydrogen-bond donors (Lipinski definition) is 2. The predicted molar refractivity (Wildman–Crippen MR) is 114 cm³/mol. The number of carbonyl (C=O) groups excluding carboxylic acids is 2. The maximum Gasteiger partial charge on any atom is 0.313 e. The van der Waals surface area contributed by atoms with Crippen molar-refractivity contribution < 1.29 is 28.4 Å². The molecular weight excluding hydrogens is 442 g/mol. The van der Waals surface area contributed by atoms with Crippen LogP contribution in [0.4, 0.5) is 5.69 Å². The molecule has 0 spiro atoms. The quantitative estimate of drug-likeness (QED) is 0.414. The summed E-state index contributed by atoms with van der Waals surface area (Å²) in [6.07, 6.45) is 0. The molecule has 1 heterocycles. The fourth-order valence-electron chi connectivity index (χ4n) is 2.84. The highest BCUT2D eigenvalue weighted by Crippen LogP contribution is 2.37. The number of carbonyl (C=O) groups is 2. The highest BCUT2D eigenvalue weighted by atomic mass is 35.5. The van der Waals surface area contributed by atoms with E-state index in [1.807, 2.05) is 0 Å². The van der Waals surface area contributed by atoms with Gasteiger partial charge in [0, 0.05) is 16.7 Å². The zero-order valence-corrected chi connectivity index (χ0v) is 18.0. The van der Waals surface area contributed by atoms with Gasteiger partial charge in [-0.2, -0.15) is 0 Å². The molecule has 1 aromatic heterocycles. The van der Waals surface area contributed by atoms with Crippen molar-refractivity contribution in [2.24, 2.45) is 0 Å². The number of hydrogen-bond acceptors (Lipinski definition) is 7. The largest absolute Gasteiger partial charge is 0.493 e. The molecule has 0 unspecified atom stereocenters. The molecule has 0 bridgehead atoms. The molecule has 0 aliphatic carbocycles. The molecule has 2 amide bonds. The van der Waals surface area contributed by atoms with Gasteiger partial charge in [0.25, 0.3) is 11.8 Å². The number of methoxy groups -OCH3 is 1. The van der Waals surface area contributed by atoms with E-state index in [2.05, 4.69) is 10.9 Å². The SMILES string of the molecule is COc1cc(C(=O)NNC(=O)c2cc(C)oc2C)ccc1Oc1ccc(Cl)cc1[N+](=O)[O-]. The standard InChI is InChI=1S/C21H18ClN3O7/c1-11-8-15(12(2)31-11)21(27)24-23-20(26)13-4-6-18(19(9-13)30-3)32-17-7-5-14(22)10-16(17)25(28)29/h4-10H,1-3H3,(H,23,26)(H,24,27). The molecule has 10 nitrogen and oxygen atoms in total. The van der Waals surface area contributed by atoms with Crippen LogP contribution in [-0.2, 0) is 0 Å². The number of nitro benzene ring substituents is 1. The van der Waals surface area contributed by atoms with E-state index in [-0.39, 0.29) is 33.5 Å². The molecule has 166 valence electrons. The van der Waals surface area contributed by atoms with E-state index >= 15 is 0 Å². The van der Waals surface area contributed by atoms with Gasteiger partial charge < -0.3 is 13.9 Å². The fraction of sp³-hybridized carbons (Fsp3) is 0.143. The van der Waals surface area contributed by atoms with E-state index in [4.69, 9.17) is 25.5 Å². The Morgan fingerprint density at radius 3 is 2.31 bits per heavy atom. The number of halogens is 1. The zero-order chi connectivity index (χ0) is 23.4. The molecule has 3 aromatic rings. The minimum atomic E-state index is -0.624. The summed E-state index contributed by atoms with van der Waals surface area (Å²) in [5.41, 5.74) is 4.74. The minimum Gasteiger partial charge on any atom is -0.493 e. The average Bonchev–Trinajstić information content (AvgIpc) is 3.11. The van der Waals surface area contributed by atoms with Crippen molar-refractivity contribution in [3.05, 3.63) is 80.2 Å². The number of nitrogens with zero attached hydrogens (tertiary/aromatic N) is 1. The molecule has 0 saturated carbocycles. The summed E-state index contributed by atoms with van der Waals surface area (Å²) < 4.78 is 16.2. The Morgan fingerprint density at radius 1 is 1.00 bits per heavy atom. The zero-order valence-electron chi connectivity index (χ0n) is 17.2. The molecule has 3 rings (SSSR count). The summed E-state index contributed by atoms with van der Waals surface area (Å²) in [4.78, 5) is 35.3. The van der Waals surface area contributed by atoms with Gasteiger partial charge in [0.05, 0.1) is 17.6 Å². The normalized spacial score (nSPS) is 10.4. The summed E-state index contributed by atoms with van der Waals surface area (Å²) >= 11 is 5.81. The lowest BCUT2D eigenvalue weighted by Gasteiger charge is -2.12. The van der Waals surface area contributed by atoms with Crippen LogP contribution < -0.4 is 20.3 Å². The number of nitro groups is 1. The minimum absolute atomic E-state index is 0.0482. The molecule has 2 aromatic carbocycles. The molecule has 32 heavy (non-hydrogen) atoms. The third kappa shape index (κ3) is 4.98. The van der Waals surface area contributed by atoms with Crippen LogP contribution in [0.15, 0.2) is 46.9 Å². The van der Waals surface area contributed by atoms with Crippen LogP contribution in [-0.4, -0.2) is 23.8 Å². The third-order valence-corrected chi connectivity index (χ3v) is 4.57. The van der Waals surface area contributed by atoms with E-state index in [1.165, 1.54) is 37.4 Å². The predicted octanol–water partition coefficient (Wildman–Crippen LogP) is 4.33. The second kappa shape index (κ2) is 9.40. The monoisotopic (exact) mass is 459 g/mol. The smallest absolute Gasteiger partial charge is 0.313 e. The van der Waals surface area contributed by atoms with Crippen LogP contribution in [0.2, 0.25) is 5.02 Å². The van der Waals surface area contributed by atoms with Crippen LogP contribution in [0.3, 0.4) is 0 Å². The van der Waals surface area contributed by atoms with E-state index in [0.29, 0.717) is 17.1 Å². The number of hydrazine groups is 1. The topological polar surface area (TPSA) is 133 Å². The van der Waals surface area contributed by atoms with Crippen molar-refractivity contribution in [2.45, 2.75) is 13.8 Å². The lowest BCUT2D eigenvalue weighted by molar-refractivity contribution is -0.385. The highest BCUT2D eigenvalue weighted by molar-refractivity contribution is 6.30. The number of amides is 2. The van der Waals surface area contributed by atoms with E-state index in [0.717, 1.165) is 6.07 Å². The summed E-state index contributed by atoms with van der Waals surface area (Å²) in [6.45, 7) is 3.34. The molecule has 0 aliphatic rings. The first-order valence-corrected chi connectivity index (χ1v) is 9.55.